The smallest absolute Gasteiger partial charge is 0.407 e. The Morgan fingerprint density at radius 1 is 0.980 bits per heavy atom. The van der Waals surface area contributed by atoms with Crippen molar-refractivity contribution in [1.82, 2.24) is 26.2 Å². The van der Waals surface area contributed by atoms with E-state index < -0.39 is 59.4 Å². The van der Waals surface area contributed by atoms with E-state index in [1.807, 2.05) is 58.9 Å². The van der Waals surface area contributed by atoms with E-state index in [2.05, 4.69) is 35.1 Å². The third-order valence-electron chi connectivity index (χ3n) is 11.5. The topological polar surface area (TPSA) is 189 Å². The number of nitrogens with zero attached hydrogens (tertiary/aromatic N) is 1. The first-order valence-electron chi connectivity index (χ1n) is 18.4. The minimum absolute atomic E-state index is 0.0612. The minimum atomic E-state index is -1.10. The second-order valence-electron chi connectivity index (χ2n) is 17.1. The van der Waals surface area contributed by atoms with Crippen LogP contribution in [0.2, 0.25) is 0 Å². The molecular weight excluding hydrogens is 652 g/mol. The molecule has 1 unspecified atom stereocenters. The molecule has 0 radical (unpaired) electrons. The van der Waals surface area contributed by atoms with E-state index in [0.29, 0.717) is 25.8 Å². The molecule has 51 heavy (non-hydrogen) atoms. The van der Waals surface area contributed by atoms with Gasteiger partial charge in [0.25, 0.3) is 5.91 Å². The molecule has 6 atom stereocenters. The molecule has 5 rings (SSSR count). The summed E-state index contributed by atoms with van der Waals surface area (Å²) in [6, 6.07) is 3.92. The van der Waals surface area contributed by atoms with Crippen LogP contribution in [0, 0.1) is 35.0 Å². The van der Waals surface area contributed by atoms with Crippen LogP contribution in [0.5, 0.6) is 0 Å². The predicted molar refractivity (Wildman–Crippen MR) is 190 cm³/mol. The van der Waals surface area contributed by atoms with E-state index in [1.165, 1.54) is 0 Å². The Morgan fingerprint density at radius 2 is 1.61 bits per heavy atom. The van der Waals surface area contributed by atoms with E-state index in [9.17, 15) is 28.8 Å². The molecule has 3 fully saturated rings. The lowest BCUT2D eigenvalue weighted by Crippen LogP contribution is -2.61. The maximum absolute atomic E-state index is 14.7. The highest BCUT2D eigenvalue weighted by Crippen LogP contribution is 2.65. The van der Waals surface area contributed by atoms with Gasteiger partial charge in [0.15, 0.2) is 0 Å². The van der Waals surface area contributed by atoms with Gasteiger partial charge in [-0.25, -0.2) is 9.59 Å². The third-order valence-corrected chi connectivity index (χ3v) is 11.5. The number of carbonyl (C=O) groups excluding carboxylic acids is 6. The van der Waals surface area contributed by atoms with Crippen molar-refractivity contribution in [2.24, 2.45) is 40.7 Å². The quantitative estimate of drug-likeness (QED) is 0.195. The molecule has 1 heterocycles. The fraction of sp³-hybridized carbons (Fsp3) is 0.684. The Kier molecular flexibility index (Phi) is 11.1. The molecule has 13 nitrogen and oxygen atoms in total. The van der Waals surface area contributed by atoms with Gasteiger partial charge in [0, 0.05) is 12.1 Å². The zero-order valence-corrected chi connectivity index (χ0v) is 31.0. The van der Waals surface area contributed by atoms with Crippen molar-refractivity contribution in [2.75, 3.05) is 13.2 Å². The number of nitrogens with one attached hydrogen (secondary N) is 4. The molecule has 4 aliphatic rings. The first-order chi connectivity index (χ1) is 23.9. The highest BCUT2D eigenvalue weighted by molar-refractivity contribution is 6.37. The summed E-state index contributed by atoms with van der Waals surface area (Å²) in [5, 5.41) is 11.4. The third kappa shape index (κ3) is 8.66. The second-order valence-corrected chi connectivity index (χ2v) is 17.1. The molecule has 1 aromatic rings. The van der Waals surface area contributed by atoms with Crippen LogP contribution in [0.1, 0.15) is 85.3 Å². The average Bonchev–Trinajstić information content (AvgIpc) is 3.38. The number of hydrogen-bond donors (Lipinski definition) is 5. The highest BCUT2D eigenvalue weighted by Gasteiger charge is 2.70. The number of primary amides is 1. The lowest BCUT2D eigenvalue weighted by atomic mass is 9.80. The molecule has 2 saturated carbocycles. The fourth-order valence-electron chi connectivity index (χ4n) is 8.18. The van der Waals surface area contributed by atoms with E-state index in [4.69, 9.17) is 10.5 Å². The van der Waals surface area contributed by atoms with Crippen LogP contribution >= 0.6 is 0 Å². The van der Waals surface area contributed by atoms with Crippen LogP contribution in [0.15, 0.2) is 24.3 Å². The molecule has 3 aliphatic carbocycles. The van der Waals surface area contributed by atoms with Crippen molar-refractivity contribution in [3.05, 3.63) is 35.4 Å². The Bertz CT molecular complexity index is 1510. The van der Waals surface area contributed by atoms with E-state index in [1.54, 1.807) is 4.90 Å². The average molecular weight is 709 g/mol. The molecule has 280 valence electrons. The first-order valence-corrected chi connectivity index (χ1v) is 18.4. The van der Waals surface area contributed by atoms with Crippen LogP contribution in [-0.4, -0.2) is 83.4 Å². The molecule has 1 saturated heterocycles. The summed E-state index contributed by atoms with van der Waals surface area (Å²) in [6.45, 7) is 13.7. The molecule has 6 amide bonds. The lowest BCUT2D eigenvalue weighted by molar-refractivity contribution is -0.144. The molecule has 0 bridgehead atoms. The van der Waals surface area contributed by atoms with Gasteiger partial charge in [0.05, 0.1) is 12.1 Å². The number of nitrogens with two attached hydrogens (primary N) is 1. The van der Waals surface area contributed by atoms with Crippen molar-refractivity contribution in [3.8, 4) is 0 Å². The maximum Gasteiger partial charge on any atom is 0.407 e. The summed E-state index contributed by atoms with van der Waals surface area (Å²) < 4.78 is 5.43. The maximum atomic E-state index is 14.7. The summed E-state index contributed by atoms with van der Waals surface area (Å²) in [5.41, 5.74) is 6.89. The number of likely N-dealkylation sites (tertiary alicyclic amines) is 1. The van der Waals surface area contributed by atoms with Gasteiger partial charge in [-0.1, -0.05) is 71.2 Å². The second kappa shape index (κ2) is 14.8. The number of piperidine rings is 1. The Labute approximate surface area is 300 Å². The lowest BCUT2D eigenvalue weighted by Gasteiger charge is -2.36. The summed E-state index contributed by atoms with van der Waals surface area (Å²) >= 11 is 0. The number of alkyl carbamates (subject to hydrolysis) is 1. The fourth-order valence-corrected chi connectivity index (χ4v) is 8.18. The molecule has 1 aliphatic heterocycles. The Hall–Kier alpha value is -4.16. The van der Waals surface area contributed by atoms with E-state index >= 15 is 0 Å². The number of fused-ring (bicyclic) bond motifs is 2. The van der Waals surface area contributed by atoms with Gasteiger partial charge in [-0.2, -0.15) is 0 Å². The number of hydrogen-bond acceptors (Lipinski definition) is 7. The van der Waals surface area contributed by atoms with Crippen LogP contribution < -0.4 is 27.0 Å². The Morgan fingerprint density at radius 3 is 2.14 bits per heavy atom. The number of ketones is 1. The van der Waals surface area contributed by atoms with E-state index in [-0.39, 0.29) is 47.5 Å². The van der Waals surface area contributed by atoms with Gasteiger partial charge in [0.2, 0.25) is 17.6 Å². The largest absolute Gasteiger partial charge is 0.447 e. The van der Waals surface area contributed by atoms with Crippen molar-refractivity contribution < 1.29 is 33.5 Å². The van der Waals surface area contributed by atoms with Gasteiger partial charge in [-0.15, -0.1) is 0 Å². The van der Waals surface area contributed by atoms with Crippen LogP contribution in [0.3, 0.4) is 0 Å². The zero-order chi connectivity index (χ0) is 37.4. The van der Waals surface area contributed by atoms with Crippen molar-refractivity contribution >= 4 is 35.6 Å². The number of rotatable bonds is 13. The minimum Gasteiger partial charge on any atom is -0.447 e. The molecule has 13 heteroatoms. The Balaban J connectivity index is 1.35. The SMILES string of the molecule is CC(C)[C@@H](COC(=O)NC(C)(C)C)NC(=O)N[C@H](C(=O)N1C[C@H]2[C@@H]([C@H]1C(=O)NC(CC1CCC1)C(=O)C(N)=O)C2(C)C)C1Cc2ccccc2C1. The normalized spacial score (nSPS) is 23.9. The van der Waals surface area contributed by atoms with Crippen molar-refractivity contribution in [2.45, 2.75) is 117 Å². The highest BCUT2D eigenvalue weighted by atomic mass is 16.5. The number of amides is 6. The van der Waals surface area contributed by atoms with Gasteiger partial charge in [0.1, 0.15) is 18.7 Å². The number of benzene rings is 1. The van der Waals surface area contributed by atoms with Gasteiger partial charge in [-0.3, -0.25) is 19.2 Å². The van der Waals surface area contributed by atoms with Gasteiger partial charge < -0.3 is 36.6 Å². The van der Waals surface area contributed by atoms with Gasteiger partial charge >= 0.3 is 12.1 Å². The van der Waals surface area contributed by atoms with E-state index in [0.717, 1.165) is 30.4 Å². The van der Waals surface area contributed by atoms with Crippen LogP contribution in [-0.2, 0) is 36.8 Å². The summed E-state index contributed by atoms with van der Waals surface area (Å²) in [4.78, 5) is 81.3. The standard InChI is InChI=1S/C38H56N6O7/c1-20(2)27(19-51-36(50)43-37(3,4)5)41-35(49)42-29(24-16-22-13-8-9-14-23(22)17-24)34(48)44-18-25-28(38(25,6)7)30(44)33(47)40-26(31(45)32(39)46)15-21-11-10-12-21/h8-9,13-14,20-21,24-30H,10-12,15-19H2,1-7H3,(H2,39,46)(H,40,47)(H,43,50)(H2,41,42,49)/t25-,26?,27+,28-,29-,30-/m0/s1. The number of ether oxygens (including phenoxy) is 1. The zero-order valence-electron chi connectivity index (χ0n) is 31.0. The van der Waals surface area contributed by atoms with Crippen molar-refractivity contribution in [1.29, 1.82) is 0 Å². The van der Waals surface area contributed by atoms with Crippen LogP contribution in [0.4, 0.5) is 9.59 Å². The summed E-state index contributed by atoms with van der Waals surface area (Å²) in [5.74, 6) is -3.03. The molecular formula is C38H56N6O7. The van der Waals surface area contributed by atoms with Crippen molar-refractivity contribution in [3.63, 3.8) is 0 Å². The predicted octanol–water partition coefficient (Wildman–Crippen LogP) is 2.83. The number of carbonyl (C=O) groups is 6. The number of Topliss-reactive ketones (excluding diaryl/α,β-unsaturated/α-hetero) is 1. The summed E-state index contributed by atoms with van der Waals surface area (Å²) in [7, 11) is 0. The monoisotopic (exact) mass is 708 g/mol. The summed E-state index contributed by atoms with van der Waals surface area (Å²) in [6.07, 6.45) is 3.72. The molecule has 1 aromatic carbocycles. The van der Waals surface area contributed by atoms with Crippen LogP contribution in [0.25, 0.3) is 0 Å². The first kappa shape index (κ1) is 38.1. The molecule has 6 N–H and O–H groups in total. The molecule has 0 spiro atoms. The van der Waals surface area contributed by atoms with Gasteiger partial charge in [-0.05, 0) is 86.2 Å². The number of urea groups is 1. The molecule has 0 aromatic heterocycles.